The first-order valence-electron chi connectivity index (χ1n) is 7.16. The molecule has 2 atom stereocenters. The van der Waals surface area contributed by atoms with E-state index in [2.05, 4.69) is 26.1 Å². The molecule has 4 heteroatoms. The minimum atomic E-state index is 0.0778. The Kier molecular flexibility index (Phi) is 4.15. The molecule has 2 rings (SSSR count). The molecule has 1 heterocycles. The van der Waals surface area contributed by atoms with E-state index in [9.17, 15) is 4.79 Å². The average Bonchev–Trinajstić information content (AvgIpc) is 2.38. The zero-order valence-electron chi connectivity index (χ0n) is 11.9. The van der Waals surface area contributed by atoms with Crippen LogP contribution < -0.4 is 5.32 Å². The molecule has 2 fully saturated rings. The molecular formula is C14H26N2O2. The van der Waals surface area contributed by atoms with Gasteiger partial charge in [-0.2, -0.15) is 0 Å². The number of carbonyl (C=O) groups excluding carboxylic acids is 1. The van der Waals surface area contributed by atoms with Crippen LogP contribution >= 0.6 is 0 Å². The highest BCUT2D eigenvalue weighted by atomic mass is 16.5. The van der Waals surface area contributed by atoms with E-state index in [4.69, 9.17) is 4.74 Å². The second kappa shape index (κ2) is 5.47. The first-order chi connectivity index (χ1) is 8.55. The second-order valence-electron chi connectivity index (χ2n) is 6.14. The highest BCUT2D eigenvalue weighted by Gasteiger charge is 2.46. The van der Waals surface area contributed by atoms with Crippen LogP contribution in [0.2, 0.25) is 0 Å². The van der Waals surface area contributed by atoms with Crippen molar-refractivity contribution in [2.45, 2.75) is 33.6 Å². The Bertz CT molecular complexity index is 298. The third-order valence-corrected chi connectivity index (χ3v) is 4.96. The number of ether oxygens (including phenoxy) is 1. The van der Waals surface area contributed by atoms with Crippen molar-refractivity contribution in [1.29, 1.82) is 0 Å². The Morgan fingerprint density at radius 1 is 1.33 bits per heavy atom. The second-order valence-corrected chi connectivity index (χ2v) is 6.14. The van der Waals surface area contributed by atoms with Gasteiger partial charge in [0.2, 0.25) is 0 Å². The molecule has 104 valence electrons. The van der Waals surface area contributed by atoms with Gasteiger partial charge in [0, 0.05) is 19.6 Å². The zero-order chi connectivity index (χ0) is 13.2. The van der Waals surface area contributed by atoms with Gasteiger partial charge in [-0.25, -0.2) is 4.79 Å². The van der Waals surface area contributed by atoms with Gasteiger partial charge in [0.05, 0.1) is 13.2 Å². The Labute approximate surface area is 110 Å². The summed E-state index contributed by atoms with van der Waals surface area (Å²) in [5.74, 6) is 1.45. The molecule has 1 aliphatic carbocycles. The minimum absolute atomic E-state index is 0.0778. The van der Waals surface area contributed by atoms with E-state index in [1.54, 1.807) is 0 Å². The number of rotatable bonds is 3. The molecule has 0 unspecified atom stereocenters. The third kappa shape index (κ3) is 2.63. The smallest absolute Gasteiger partial charge is 0.317 e. The maximum Gasteiger partial charge on any atom is 0.317 e. The van der Waals surface area contributed by atoms with Gasteiger partial charge in [0.1, 0.15) is 0 Å². The van der Waals surface area contributed by atoms with Crippen molar-refractivity contribution in [3.8, 4) is 0 Å². The van der Waals surface area contributed by atoms with E-state index in [1.165, 1.54) is 12.8 Å². The molecule has 18 heavy (non-hydrogen) atoms. The Morgan fingerprint density at radius 3 is 2.56 bits per heavy atom. The van der Waals surface area contributed by atoms with E-state index in [0.29, 0.717) is 24.5 Å². The molecule has 0 bridgehead atoms. The van der Waals surface area contributed by atoms with Gasteiger partial charge in [-0.1, -0.05) is 27.2 Å². The van der Waals surface area contributed by atoms with Crippen LogP contribution in [0.4, 0.5) is 4.79 Å². The summed E-state index contributed by atoms with van der Waals surface area (Å²) >= 11 is 0. The summed E-state index contributed by atoms with van der Waals surface area (Å²) in [5, 5.41) is 3.09. The van der Waals surface area contributed by atoms with Crippen LogP contribution in [0.25, 0.3) is 0 Å². The Morgan fingerprint density at radius 2 is 2.00 bits per heavy atom. The van der Waals surface area contributed by atoms with Gasteiger partial charge in [-0.15, -0.1) is 0 Å². The largest absolute Gasteiger partial charge is 0.378 e. The molecule has 4 nitrogen and oxygen atoms in total. The molecule has 2 amide bonds. The zero-order valence-corrected chi connectivity index (χ0v) is 11.9. The SMILES string of the molecule is CC[C@H]1C[C@H](CNC(=O)N2CCOCC2)C1(C)C. The van der Waals surface area contributed by atoms with Crippen LogP contribution in [-0.4, -0.2) is 43.8 Å². The Balaban J connectivity index is 1.73. The predicted molar refractivity (Wildman–Crippen MR) is 71.5 cm³/mol. The number of nitrogens with one attached hydrogen (secondary N) is 1. The fraction of sp³-hybridized carbons (Fsp3) is 0.929. The highest BCUT2D eigenvalue weighted by Crippen LogP contribution is 2.52. The molecule has 2 aliphatic rings. The number of hydrogen-bond acceptors (Lipinski definition) is 2. The van der Waals surface area contributed by atoms with Crippen molar-refractivity contribution in [3.63, 3.8) is 0 Å². The number of nitrogens with zero attached hydrogens (tertiary/aromatic N) is 1. The highest BCUT2D eigenvalue weighted by molar-refractivity contribution is 5.74. The van der Waals surface area contributed by atoms with Crippen LogP contribution in [0.3, 0.4) is 0 Å². The van der Waals surface area contributed by atoms with Crippen LogP contribution in [0.1, 0.15) is 33.6 Å². The molecule has 0 aromatic rings. The number of carbonyl (C=O) groups is 1. The average molecular weight is 254 g/mol. The molecular weight excluding hydrogens is 228 g/mol. The number of amides is 2. The van der Waals surface area contributed by atoms with Gasteiger partial charge in [0.15, 0.2) is 0 Å². The lowest BCUT2D eigenvalue weighted by Crippen LogP contribution is -2.53. The van der Waals surface area contributed by atoms with E-state index in [-0.39, 0.29) is 6.03 Å². The van der Waals surface area contributed by atoms with E-state index >= 15 is 0 Å². The third-order valence-electron chi connectivity index (χ3n) is 4.96. The summed E-state index contributed by atoms with van der Waals surface area (Å²) in [6, 6.07) is 0.0778. The van der Waals surface area contributed by atoms with Gasteiger partial charge in [-0.05, 0) is 23.7 Å². The van der Waals surface area contributed by atoms with Crippen LogP contribution in [0, 0.1) is 17.3 Å². The van der Waals surface area contributed by atoms with Crippen molar-refractivity contribution < 1.29 is 9.53 Å². The topological polar surface area (TPSA) is 41.6 Å². The fourth-order valence-electron chi connectivity index (χ4n) is 3.25. The van der Waals surface area contributed by atoms with Crippen LogP contribution in [0.5, 0.6) is 0 Å². The van der Waals surface area contributed by atoms with Crippen molar-refractivity contribution >= 4 is 6.03 Å². The first-order valence-corrected chi connectivity index (χ1v) is 7.16. The molecule has 0 aromatic carbocycles. The molecule has 0 radical (unpaired) electrons. The summed E-state index contributed by atoms with van der Waals surface area (Å²) in [5.41, 5.74) is 0.382. The van der Waals surface area contributed by atoms with E-state index in [0.717, 1.165) is 25.6 Å². The van der Waals surface area contributed by atoms with Gasteiger partial charge >= 0.3 is 6.03 Å². The molecule has 1 saturated carbocycles. The predicted octanol–water partition coefficient (Wildman–Crippen LogP) is 2.10. The number of morpholine rings is 1. The molecule has 0 spiro atoms. The van der Waals surface area contributed by atoms with Gasteiger partial charge in [0.25, 0.3) is 0 Å². The lowest BCUT2D eigenvalue weighted by Gasteiger charge is -2.52. The standard InChI is InChI=1S/C14H26N2O2/c1-4-11-9-12(14(11,2)3)10-15-13(17)16-5-7-18-8-6-16/h11-12H,4-10H2,1-3H3,(H,15,17)/t11-,12+/m0/s1. The molecule has 1 saturated heterocycles. The van der Waals surface area contributed by atoms with Crippen molar-refractivity contribution in [2.24, 2.45) is 17.3 Å². The normalized spacial score (nSPS) is 30.7. The summed E-state index contributed by atoms with van der Waals surface area (Å²) in [6.45, 7) is 10.5. The maximum atomic E-state index is 12.0. The molecule has 1 N–H and O–H groups in total. The van der Waals surface area contributed by atoms with E-state index in [1.807, 2.05) is 4.90 Å². The number of urea groups is 1. The monoisotopic (exact) mass is 254 g/mol. The summed E-state index contributed by atoms with van der Waals surface area (Å²) < 4.78 is 5.25. The van der Waals surface area contributed by atoms with Crippen LogP contribution in [-0.2, 0) is 4.74 Å². The van der Waals surface area contributed by atoms with Crippen molar-refractivity contribution in [2.75, 3.05) is 32.8 Å². The van der Waals surface area contributed by atoms with E-state index < -0.39 is 0 Å². The number of hydrogen-bond donors (Lipinski definition) is 1. The first kappa shape index (κ1) is 13.7. The van der Waals surface area contributed by atoms with Crippen molar-refractivity contribution in [3.05, 3.63) is 0 Å². The molecule has 1 aliphatic heterocycles. The lowest BCUT2D eigenvalue weighted by atomic mass is 9.54. The Hall–Kier alpha value is -0.770. The maximum absolute atomic E-state index is 12.0. The van der Waals surface area contributed by atoms with Crippen molar-refractivity contribution in [1.82, 2.24) is 10.2 Å². The summed E-state index contributed by atoms with van der Waals surface area (Å²) in [6.07, 6.45) is 2.51. The van der Waals surface area contributed by atoms with Gasteiger partial charge < -0.3 is 15.0 Å². The summed E-state index contributed by atoms with van der Waals surface area (Å²) in [4.78, 5) is 13.8. The fourth-order valence-corrected chi connectivity index (χ4v) is 3.25. The molecule has 0 aromatic heterocycles. The van der Waals surface area contributed by atoms with Crippen LogP contribution in [0.15, 0.2) is 0 Å². The quantitative estimate of drug-likeness (QED) is 0.838. The summed E-state index contributed by atoms with van der Waals surface area (Å²) in [7, 11) is 0. The lowest BCUT2D eigenvalue weighted by molar-refractivity contribution is -0.0207. The van der Waals surface area contributed by atoms with Gasteiger partial charge in [-0.3, -0.25) is 0 Å². The minimum Gasteiger partial charge on any atom is -0.378 e.